The van der Waals surface area contributed by atoms with E-state index < -0.39 is 0 Å². The van der Waals surface area contributed by atoms with Gasteiger partial charge in [0.2, 0.25) is 0 Å². The van der Waals surface area contributed by atoms with Crippen molar-refractivity contribution in [3.05, 3.63) is 0 Å². The standard InChI is InChI=1S/C5H11NO.CH3I/c7-4-5-2-1-3-6-5;1-2/h5-7H,1-4H2;1H3. The summed E-state index contributed by atoms with van der Waals surface area (Å²) in [5.41, 5.74) is 0. The van der Waals surface area contributed by atoms with Gasteiger partial charge in [-0.25, -0.2) is 0 Å². The minimum Gasteiger partial charge on any atom is -0.395 e. The van der Waals surface area contributed by atoms with Crippen LogP contribution in [0.15, 0.2) is 0 Å². The Bertz CT molecular complexity index is 55.0. The molecule has 0 aliphatic carbocycles. The molecule has 1 aliphatic rings. The minimum atomic E-state index is 0.306. The lowest BCUT2D eigenvalue weighted by atomic mass is 10.2. The van der Waals surface area contributed by atoms with Crippen LogP contribution in [0.5, 0.6) is 0 Å². The fraction of sp³-hybridized carbons (Fsp3) is 1.00. The average Bonchev–Trinajstić information content (AvgIpc) is 2.43. The van der Waals surface area contributed by atoms with Crippen molar-refractivity contribution in [2.45, 2.75) is 18.9 Å². The number of halogens is 1. The van der Waals surface area contributed by atoms with Crippen LogP contribution in [0, 0.1) is 0 Å². The molecule has 1 atom stereocenters. The van der Waals surface area contributed by atoms with Gasteiger partial charge in [-0.1, -0.05) is 22.6 Å². The van der Waals surface area contributed by atoms with Crippen molar-refractivity contribution in [2.75, 3.05) is 18.1 Å². The maximum Gasteiger partial charge on any atom is 0.0584 e. The molecule has 0 aromatic carbocycles. The summed E-state index contributed by atoms with van der Waals surface area (Å²) in [6, 6.07) is 0.403. The Balaban J connectivity index is 0.000000291. The van der Waals surface area contributed by atoms with Crippen molar-refractivity contribution in [1.82, 2.24) is 5.32 Å². The summed E-state index contributed by atoms with van der Waals surface area (Å²) in [5.74, 6) is 0. The molecule has 2 N–H and O–H groups in total. The molecule has 1 unspecified atom stereocenters. The molecule has 0 aromatic rings. The molecule has 1 aliphatic heterocycles. The lowest BCUT2D eigenvalue weighted by Crippen LogP contribution is -2.24. The quantitative estimate of drug-likeness (QED) is 0.527. The maximum absolute atomic E-state index is 8.50. The summed E-state index contributed by atoms with van der Waals surface area (Å²) in [5, 5.41) is 11.7. The van der Waals surface area contributed by atoms with Gasteiger partial charge in [-0.3, -0.25) is 0 Å². The zero-order valence-corrected chi connectivity index (χ0v) is 7.89. The average molecular weight is 243 g/mol. The third-order valence-corrected chi connectivity index (χ3v) is 1.38. The molecule has 1 fully saturated rings. The summed E-state index contributed by atoms with van der Waals surface area (Å²) in [7, 11) is 0. The fourth-order valence-electron chi connectivity index (χ4n) is 0.913. The molecule has 1 rings (SSSR count). The van der Waals surface area contributed by atoms with Crippen LogP contribution in [0.4, 0.5) is 0 Å². The van der Waals surface area contributed by atoms with E-state index in [0.29, 0.717) is 12.6 Å². The summed E-state index contributed by atoms with van der Waals surface area (Å²) in [6.07, 6.45) is 2.38. The van der Waals surface area contributed by atoms with Crippen LogP contribution < -0.4 is 5.32 Å². The molecule has 1 saturated heterocycles. The number of hydrogen-bond acceptors (Lipinski definition) is 2. The normalized spacial score (nSPS) is 25.0. The van der Waals surface area contributed by atoms with Gasteiger partial charge in [0.25, 0.3) is 0 Å². The van der Waals surface area contributed by atoms with Crippen molar-refractivity contribution in [3.63, 3.8) is 0 Å². The van der Waals surface area contributed by atoms with Gasteiger partial charge in [0.1, 0.15) is 0 Å². The van der Waals surface area contributed by atoms with Crippen molar-refractivity contribution >= 4 is 22.6 Å². The monoisotopic (exact) mass is 243 g/mol. The second-order valence-electron chi connectivity index (χ2n) is 1.98. The van der Waals surface area contributed by atoms with Crippen molar-refractivity contribution < 1.29 is 5.11 Å². The third-order valence-electron chi connectivity index (χ3n) is 1.38. The molecule has 0 spiro atoms. The van der Waals surface area contributed by atoms with E-state index in [-0.39, 0.29) is 0 Å². The highest BCUT2D eigenvalue weighted by Gasteiger charge is 2.10. The van der Waals surface area contributed by atoms with Crippen LogP contribution >= 0.6 is 22.6 Å². The molecular weight excluding hydrogens is 229 g/mol. The van der Waals surface area contributed by atoms with E-state index in [1.54, 1.807) is 0 Å². The Morgan fingerprint density at radius 2 is 2.33 bits per heavy atom. The van der Waals surface area contributed by atoms with E-state index in [2.05, 4.69) is 27.9 Å². The molecule has 0 saturated carbocycles. The van der Waals surface area contributed by atoms with Gasteiger partial charge in [-0.05, 0) is 24.3 Å². The van der Waals surface area contributed by atoms with Crippen molar-refractivity contribution in [3.8, 4) is 0 Å². The van der Waals surface area contributed by atoms with E-state index in [4.69, 9.17) is 5.11 Å². The predicted octanol–water partition coefficient (Wildman–Crippen LogP) is 0.782. The Kier molecular flexibility index (Phi) is 7.25. The van der Waals surface area contributed by atoms with Gasteiger partial charge in [0.15, 0.2) is 0 Å². The zero-order chi connectivity index (χ0) is 7.11. The second-order valence-corrected chi connectivity index (χ2v) is 1.98. The molecule has 2 nitrogen and oxygen atoms in total. The van der Waals surface area contributed by atoms with Gasteiger partial charge in [-0.2, -0.15) is 0 Å². The van der Waals surface area contributed by atoms with E-state index in [1.807, 2.05) is 4.93 Å². The largest absolute Gasteiger partial charge is 0.395 e. The second kappa shape index (κ2) is 6.77. The summed E-state index contributed by atoms with van der Waals surface area (Å²) < 4.78 is 0. The van der Waals surface area contributed by atoms with Crippen LogP contribution in [0.2, 0.25) is 0 Å². The van der Waals surface area contributed by atoms with Crippen LogP contribution in [-0.4, -0.2) is 29.2 Å². The highest BCUT2D eigenvalue weighted by molar-refractivity contribution is 14.1. The number of rotatable bonds is 1. The van der Waals surface area contributed by atoms with Crippen molar-refractivity contribution in [1.29, 1.82) is 0 Å². The van der Waals surface area contributed by atoms with E-state index in [9.17, 15) is 0 Å². The third kappa shape index (κ3) is 4.11. The van der Waals surface area contributed by atoms with E-state index in [0.717, 1.165) is 13.0 Å². The lowest BCUT2D eigenvalue weighted by Gasteiger charge is -2.01. The van der Waals surface area contributed by atoms with Gasteiger partial charge >= 0.3 is 0 Å². The lowest BCUT2D eigenvalue weighted by molar-refractivity contribution is 0.255. The van der Waals surface area contributed by atoms with Gasteiger partial charge < -0.3 is 10.4 Å². The van der Waals surface area contributed by atoms with Crippen LogP contribution in [-0.2, 0) is 0 Å². The first-order valence-electron chi connectivity index (χ1n) is 3.15. The predicted molar refractivity (Wildman–Crippen MR) is 48.1 cm³/mol. The fourth-order valence-corrected chi connectivity index (χ4v) is 0.913. The molecule has 0 radical (unpaired) electrons. The molecule has 0 bridgehead atoms. The first-order valence-corrected chi connectivity index (χ1v) is 5.31. The van der Waals surface area contributed by atoms with Crippen LogP contribution in [0.25, 0.3) is 0 Å². The molecular formula is C6H14INO. The van der Waals surface area contributed by atoms with Crippen molar-refractivity contribution in [2.24, 2.45) is 0 Å². The molecule has 56 valence electrons. The molecule has 9 heavy (non-hydrogen) atoms. The molecule has 3 heteroatoms. The first-order chi connectivity index (χ1) is 4.43. The Hall–Kier alpha value is 0.650. The van der Waals surface area contributed by atoms with Gasteiger partial charge in [-0.15, -0.1) is 0 Å². The highest BCUT2D eigenvalue weighted by atomic mass is 127. The maximum atomic E-state index is 8.50. The zero-order valence-electron chi connectivity index (χ0n) is 5.73. The molecule has 0 amide bonds. The number of nitrogens with one attached hydrogen (secondary N) is 1. The van der Waals surface area contributed by atoms with Gasteiger partial charge in [0.05, 0.1) is 6.61 Å². The Morgan fingerprint density at radius 1 is 1.67 bits per heavy atom. The van der Waals surface area contributed by atoms with E-state index >= 15 is 0 Å². The summed E-state index contributed by atoms with van der Waals surface area (Å²) in [4.78, 5) is 1.97. The Morgan fingerprint density at radius 3 is 2.56 bits per heavy atom. The number of alkyl halides is 1. The smallest absolute Gasteiger partial charge is 0.0584 e. The Labute approximate surface area is 70.2 Å². The summed E-state index contributed by atoms with van der Waals surface area (Å²) >= 11 is 2.15. The minimum absolute atomic E-state index is 0.306. The highest BCUT2D eigenvalue weighted by Crippen LogP contribution is 2.02. The van der Waals surface area contributed by atoms with Crippen LogP contribution in [0.3, 0.4) is 0 Å². The number of hydrogen-bond donors (Lipinski definition) is 2. The SMILES string of the molecule is CI.OCC1CCCN1. The van der Waals surface area contributed by atoms with Crippen LogP contribution in [0.1, 0.15) is 12.8 Å². The number of aliphatic hydroxyl groups excluding tert-OH is 1. The topological polar surface area (TPSA) is 32.3 Å². The first kappa shape index (κ1) is 9.65. The van der Waals surface area contributed by atoms with Gasteiger partial charge in [0, 0.05) is 6.04 Å². The molecule has 1 heterocycles. The molecule has 0 aromatic heterocycles. The number of aliphatic hydroxyl groups is 1. The van der Waals surface area contributed by atoms with E-state index in [1.165, 1.54) is 6.42 Å². The summed E-state index contributed by atoms with van der Waals surface area (Å²) in [6.45, 7) is 1.39.